The Morgan fingerprint density at radius 1 is 0.412 bits per heavy atom. The van der Waals surface area contributed by atoms with Crippen molar-refractivity contribution in [2.24, 2.45) is 0 Å². The zero-order chi connectivity index (χ0) is 49.3. The van der Waals surface area contributed by atoms with Crippen LogP contribution in [0.4, 0.5) is 0 Å². The van der Waals surface area contributed by atoms with Gasteiger partial charge in [-0.15, -0.1) is 0 Å². The summed E-state index contributed by atoms with van der Waals surface area (Å²) in [6, 6.07) is -0.549. The first kappa shape index (κ1) is 66.1. The zero-order valence-electron chi connectivity index (χ0n) is 45.6. The molecule has 68 heavy (non-hydrogen) atoms. The fraction of sp³-hybridized carbons (Fsp3) is 0.871. The number of unbranched alkanes of at least 4 members (excludes halogenated alkanes) is 39. The maximum absolute atomic E-state index is 12.5. The van der Waals surface area contributed by atoms with Gasteiger partial charge in [-0.3, -0.25) is 9.59 Å². The van der Waals surface area contributed by atoms with Gasteiger partial charge in [0.15, 0.2) is 0 Å². The van der Waals surface area contributed by atoms with Crippen LogP contribution in [0.1, 0.15) is 322 Å². The molecule has 0 heterocycles. The van der Waals surface area contributed by atoms with Gasteiger partial charge in [0.05, 0.1) is 25.4 Å². The van der Waals surface area contributed by atoms with E-state index < -0.39 is 12.1 Å². The van der Waals surface area contributed by atoms with Gasteiger partial charge in [-0.05, 0) is 83.5 Å². The number of hydrogen-bond acceptors (Lipinski definition) is 5. The molecule has 0 aliphatic heterocycles. The lowest BCUT2D eigenvalue weighted by atomic mass is 10.0. The summed E-state index contributed by atoms with van der Waals surface area (Å²) in [6.45, 7) is 4.93. The Morgan fingerprint density at radius 2 is 0.735 bits per heavy atom. The van der Waals surface area contributed by atoms with Crippen LogP contribution in [0.25, 0.3) is 0 Å². The van der Waals surface area contributed by atoms with Gasteiger partial charge in [0, 0.05) is 12.8 Å². The number of hydrogen-bond donors (Lipinski definition) is 3. The molecule has 0 rings (SSSR count). The summed E-state index contributed by atoms with van der Waals surface area (Å²) in [5.41, 5.74) is 0. The number of nitrogens with one attached hydrogen (secondary N) is 1. The molecule has 0 fully saturated rings. The van der Waals surface area contributed by atoms with Crippen LogP contribution in [0.2, 0.25) is 0 Å². The molecule has 2 unspecified atom stereocenters. The van der Waals surface area contributed by atoms with E-state index in [1.165, 1.54) is 231 Å². The number of aliphatic hydroxyl groups is 2. The summed E-state index contributed by atoms with van der Waals surface area (Å²) in [6.07, 6.45) is 71.4. The van der Waals surface area contributed by atoms with E-state index in [2.05, 4.69) is 55.6 Å². The number of carbonyl (C=O) groups is 2. The number of ether oxygens (including phenoxy) is 1. The van der Waals surface area contributed by atoms with Gasteiger partial charge in [0.2, 0.25) is 5.91 Å². The summed E-state index contributed by atoms with van der Waals surface area (Å²) in [7, 11) is 0. The lowest BCUT2D eigenvalue weighted by Gasteiger charge is -2.22. The summed E-state index contributed by atoms with van der Waals surface area (Å²) in [5, 5.41) is 23.3. The first-order chi connectivity index (χ1) is 33.5. The van der Waals surface area contributed by atoms with Gasteiger partial charge < -0.3 is 20.3 Å². The van der Waals surface area contributed by atoms with Crippen molar-refractivity contribution in [1.82, 2.24) is 5.32 Å². The standard InChI is InChI=1S/C62H117NO5/c1-3-5-7-9-11-13-15-17-18-28-31-34-38-42-46-50-54-60(65)59(58-64)63-61(66)55-51-47-43-39-35-32-29-26-24-22-20-19-21-23-25-27-30-33-37-41-45-49-53-57-68-62(67)56-52-48-44-40-36-16-14-12-10-8-6-4-2/h12,14,19,21-22,24,59-60,64-65H,3-11,13,15-18,20,23,25-58H2,1-2H3,(H,63,66)/b14-12-,21-19-,24-22-. The van der Waals surface area contributed by atoms with Gasteiger partial charge in [0.25, 0.3) is 0 Å². The quantitative estimate of drug-likeness (QED) is 0.0321. The first-order valence-electron chi connectivity index (χ1n) is 30.2. The Balaban J connectivity index is 3.46. The van der Waals surface area contributed by atoms with Crippen LogP contribution in [-0.2, 0) is 14.3 Å². The molecular formula is C62H117NO5. The average molecular weight is 957 g/mol. The molecule has 0 radical (unpaired) electrons. The normalized spacial score (nSPS) is 12.8. The fourth-order valence-corrected chi connectivity index (χ4v) is 9.25. The molecule has 0 spiro atoms. The summed E-state index contributed by atoms with van der Waals surface area (Å²) in [5.74, 6) is -0.0472. The number of rotatable bonds is 56. The summed E-state index contributed by atoms with van der Waals surface area (Å²) in [4.78, 5) is 24.5. The molecule has 0 saturated heterocycles. The van der Waals surface area contributed by atoms with Crippen LogP contribution >= 0.6 is 0 Å². The van der Waals surface area contributed by atoms with Crippen LogP contribution in [0.3, 0.4) is 0 Å². The predicted octanol–water partition coefficient (Wildman–Crippen LogP) is 18.8. The van der Waals surface area contributed by atoms with E-state index in [1.54, 1.807) is 0 Å². The highest BCUT2D eigenvalue weighted by Gasteiger charge is 2.20. The molecule has 3 N–H and O–H groups in total. The number of carbonyl (C=O) groups excluding carboxylic acids is 2. The molecule has 1 amide bonds. The van der Waals surface area contributed by atoms with E-state index in [0.29, 0.717) is 25.9 Å². The van der Waals surface area contributed by atoms with Gasteiger partial charge in [-0.25, -0.2) is 0 Å². The predicted molar refractivity (Wildman–Crippen MR) is 296 cm³/mol. The number of aliphatic hydroxyl groups excluding tert-OH is 2. The lowest BCUT2D eigenvalue weighted by Crippen LogP contribution is -2.45. The second-order valence-corrected chi connectivity index (χ2v) is 20.7. The molecular weight excluding hydrogens is 839 g/mol. The minimum atomic E-state index is -0.671. The Bertz CT molecular complexity index is 1100. The van der Waals surface area contributed by atoms with Gasteiger partial charge in [-0.2, -0.15) is 0 Å². The minimum Gasteiger partial charge on any atom is -0.466 e. The summed E-state index contributed by atoms with van der Waals surface area (Å²) >= 11 is 0. The molecule has 2 atom stereocenters. The van der Waals surface area contributed by atoms with Crippen molar-refractivity contribution >= 4 is 11.9 Å². The third-order valence-electron chi connectivity index (χ3n) is 13.9. The molecule has 0 aromatic rings. The third kappa shape index (κ3) is 53.4. The largest absolute Gasteiger partial charge is 0.466 e. The number of allylic oxidation sites excluding steroid dienone is 6. The number of amides is 1. The lowest BCUT2D eigenvalue weighted by molar-refractivity contribution is -0.143. The van der Waals surface area contributed by atoms with Gasteiger partial charge in [0.1, 0.15) is 0 Å². The molecule has 0 aliphatic carbocycles. The van der Waals surface area contributed by atoms with Crippen molar-refractivity contribution < 1.29 is 24.5 Å². The van der Waals surface area contributed by atoms with Crippen LogP contribution < -0.4 is 5.32 Å². The Hall–Kier alpha value is -1.92. The van der Waals surface area contributed by atoms with Crippen molar-refractivity contribution in [3.8, 4) is 0 Å². The topological polar surface area (TPSA) is 95.9 Å². The minimum absolute atomic E-state index is 0.00313. The van der Waals surface area contributed by atoms with E-state index >= 15 is 0 Å². The highest BCUT2D eigenvalue weighted by molar-refractivity contribution is 5.76. The highest BCUT2D eigenvalue weighted by atomic mass is 16.5. The van der Waals surface area contributed by atoms with E-state index in [1.807, 2.05) is 0 Å². The van der Waals surface area contributed by atoms with E-state index in [0.717, 1.165) is 57.8 Å². The molecule has 0 saturated carbocycles. The Morgan fingerprint density at radius 3 is 1.16 bits per heavy atom. The molecule has 6 nitrogen and oxygen atoms in total. The van der Waals surface area contributed by atoms with E-state index in [9.17, 15) is 19.8 Å². The maximum Gasteiger partial charge on any atom is 0.305 e. The highest BCUT2D eigenvalue weighted by Crippen LogP contribution is 2.17. The van der Waals surface area contributed by atoms with E-state index in [-0.39, 0.29) is 18.5 Å². The smallest absolute Gasteiger partial charge is 0.305 e. The van der Waals surface area contributed by atoms with Crippen LogP contribution in [-0.4, -0.2) is 47.4 Å². The van der Waals surface area contributed by atoms with Crippen molar-refractivity contribution in [3.63, 3.8) is 0 Å². The van der Waals surface area contributed by atoms with Crippen molar-refractivity contribution in [1.29, 1.82) is 0 Å². The average Bonchev–Trinajstić information content (AvgIpc) is 3.34. The van der Waals surface area contributed by atoms with Crippen LogP contribution in [0.5, 0.6) is 0 Å². The molecule has 0 aromatic heterocycles. The number of esters is 1. The Labute approximate surface area is 424 Å². The van der Waals surface area contributed by atoms with Crippen LogP contribution in [0, 0.1) is 0 Å². The maximum atomic E-state index is 12.5. The molecule has 0 bridgehead atoms. The molecule has 400 valence electrons. The van der Waals surface area contributed by atoms with Gasteiger partial charge in [-0.1, -0.05) is 262 Å². The zero-order valence-corrected chi connectivity index (χ0v) is 45.6. The van der Waals surface area contributed by atoms with E-state index in [4.69, 9.17) is 4.74 Å². The second-order valence-electron chi connectivity index (χ2n) is 20.7. The molecule has 0 aromatic carbocycles. The van der Waals surface area contributed by atoms with Crippen molar-refractivity contribution in [2.45, 2.75) is 334 Å². The van der Waals surface area contributed by atoms with Crippen LogP contribution in [0.15, 0.2) is 36.5 Å². The van der Waals surface area contributed by atoms with Crippen molar-refractivity contribution in [3.05, 3.63) is 36.5 Å². The molecule has 6 heteroatoms. The summed E-state index contributed by atoms with van der Waals surface area (Å²) < 4.78 is 5.46. The van der Waals surface area contributed by atoms with Crippen molar-refractivity contribution in [2.75, 3.05) is 13.2 Å². The Kier molecular flexibility index (Phi) is 56.0. The third-order valence-corrected chi connectivity index (χ3v) is 13.9. The SMILES string of the molecule is CCCCC/C=C\CCCCCCCC(=O)OCCCCCCCCCCC/C=C\C/C=C\CCCCCCCCCC(=O)NC(CO)C(O)CCCCCCCCCCCCCCCCCC. The van der Waals surface area contributed by atoms with Gasteiger partial charge >= 0.3 is 5.97 Å². The first-order valence-corrected chi connectivity index (χ1v) is 30.2. The molecule has 0 aliphatic rings. The monoisotopic (exact) mass is 956 g/mol. The second kappa shape index (κ2) is 57.7. The fourth-order valence-electron chi connectivity index (χ4n) is 9.25.